The third kappa shape index (κ3) is 6.83. The largest absolute Gasteiger partial charge is 0.457 e. The van der Waals surface area contributed by atoms with Gasteiger partial charge in [0.1, 0.15) is 12.9 Å². The van der Waals surface area contributed by atoms with Gasteiger partial charge in [0.15, 0.2) is 10.9 Å². The van der Waals surface area contributed by atoms with Crippen molar-refractivity contribution >= 4 is 30.1 Å². The van der Waals surface area contributed by atoms with Crippen molar-refractivity contribution in [3.05, 3.63) is 65.3 Å². The zero-order valence-corrected chi connectivity index (χ0v) is 24.9. The number of benzene rings is 1. The maximum Gasteiger partial charge on any atom is 0.287 e. The zero-order valence-electron chi connectivity index (χ0n) is 23.1. The van der Waals surface area contributed by atoms with E-state index >= 15 is 0 Å². The molecule has 1 amide bonds. The van der Waals surface area contributed by atoms with E-state index < -0.39 is 7.14 Å². The fraction of sp³-hybridized carbons (Fsp3) is 0.500. The highest BCUT2D eigenvalue weighted by molar-refractivity contribution is 7.99. The number of rotatable bonds is 9. The average Bonchev–Trinajstić information content (AvgIpc) is 3.31. The molecule has 1 aromatic carbocycles. The van der Waals surface area contributed by atoms with Gasteiger partial charge in [0.05, 0.1) is 6.26 Å². The summed E-state index contributed by atoms with van der Waals surface area (Å²) in [5.41, 5.74) is 2.01. The van der Waals surface area contributed by atoms with Gasteiger partial charge in [-0.2, -0.15) is 0 Å². The van der Waals surface area contributed by atoms with Gasteiger partial charge in [-0.15, -0.1) is 0 Å². The molecule has 0 spiro atoms. The third-order valence-corrected chi connectivity index (χ3v) is 11.0. The molecular weight excluding hydrogens is 501 g/mol. The first-order valence-corrected chi connectivity index (χ1v) is 16.1. The van der Waals surface area contributed by atoms with Crippen molar-refractivity contribution < 1.29 is 18.2 Å². The first-order valence-electron chi connectivity index (χ1n) is 13.2. The maximum absolute atomic E-state index is 14.2. The molecule has 2 aromatic heterocycles. The van der Waals surface area contributed by atoms with E-state index in [4.69, 9.17) is 8.83 Å². The molecule has 1 N–H and O–H groups in total. The molecular formula is C30H40NO4PS. The minimum absolute atomic E-state index is 0.0261. The third-order valence-electron chi connectivity index (χ3n) is 6.91. The second-order valence-corrected chi connectivity index (χ2v) is 16.6. The molecule has 3 aromatic rings. The van der Waals surface area contributed by atoms with Gasteiger partial charge in [0, 0.05) is 35.0 Å². The summed E-state index contributed by atoms with van der Waals surface area (Å²) >= 11 is 1.55. The number of hydrogen-bond acceptors (Lipinski definition) is 5. The smallest absolute Gasteiger partial charge is 0.287 e. The molecule has 1 unspecified atom stereocenters. The van der Waals surface area contributed by atoms with Gasteiger partial charge in [-0.1, -0.05) is 72.4 Å². The molecule has 1 saturated carbocycles. The van der Waals surface area contributed by atoms with E-state index in [1.165, 1.54) is 0 Å². The first kappa shape index (κ1) is 27.9. The van der Waals surface area contributed by atoms with Crippen molar-refractivity contribution in [2.75, 3.05) is 12.3 Å². The normalized spacial score (nSPS) is 16.0. The Labute approximate surface area is 225 Å². The van der Waals surface area contributed by atoms with Crippen LogP contribution >= 0.6 is 18.9 Å². The van der Waals surface area contributed by atoms with Crippen LogP contribution in [0, 0.1) is 0 Å². The number of furan rings is 2. The van der Waals surface area contributed by atoms with Gasteiger partial charge in [-0.25, -0.2) is 0 Å². The van der Waals surface area contributed by atoms with Gasteiger partial charge in [-0.05, 0) is 59.1 Å². The summed E-state index contributed by atoms with van der Waals surface area (Å²) in [6.07, 6.45) is 5.46. The van der Waals surface area contributed by atoms with E-state index in [-0.39, 0.29) is 22.8 Å². The molecule has 0 radical (unpaired) electrons. The average molecular weight is 542 g/mol. The van der Waals surface area contributed by atoms with Gasteiger partial charge in [0.2, 0.25) is 0 Å². The summed E-state index contributed by atoms with van der Waals surface area (Å²) in [6, 6.07) is 12.2. The lowest BCUT2D eigenvalue weighted by molar-refractivity contribution is 0.0921. The lowest BCUT2D eigenvalue weighted by Gasteiger charge is -2.20. The quantitative estimate of drug-likeness (QED) is 0.280. The standard InChI is InChI=1S/C30H40NO4PS/c1-8-36(33,22-10-9-11-23(17-22)37-27-16-20(19-34-27)29(2,3)4)15-14-25-24(30(5,6)7)18-26(35-25)28(32)31-21-12-13-21/h9-11,16-19,21H,8,12-15H2,1-7H3,(H,31,32). The summed E-state index contributed by atoms with van der Waals surface area (Å²) in [5, 5.41) is 4.71. The van der Waals surface area contributed by atoms with Crippen molar-refractivity contribution in [2.24, 2.45) is 0 Å². The molecule has 5 nitrogen and oxygen atoms in total. The molecule has 7 heteroatoms. The monoisotopic (exact) mass is 541 g/mol. The predicted molar refractivity (Wildman–Crippen MR) is 152 cm³/mol. The Morgan fingerprint density at radius 2 is 1.81 bits per heavy atom. The number of hydrogen-bond donors (Lipinski definition) is 1. The fourth-order valence-corrected chi connectivity index (χ4v) is 7.45. The second-order valence-electron chi connectivity index (χ2n) is 12.1. The molecule has 0 bridgehead atoms. The number of carbonyl (C=O) groups excluding carboxylic acids is 1. The van der Waals surface area contributed by atoms with Crippen LogP contribution in [0.4, 0.5) is 0 Å². The Bertz CT molecular complexity index is 1300. The predicted octanol–water partition coefficient (Wildman–Crippen LogP) is 7.76. The molecule has 1 fully saturated rings. The molecule has 1 aliphatic carbocycles. The number of nitrogens with one attached hydrogen (secondary N) is 1. The van der Waals surface area contributed by atoms with Crippen LogP contribution in [-0.2, 0) is 21.8 Å². The number of amides is 1. The zero-order chi connectivity index (χ0) is 27.0. The van der Waals surface area contributed by atoms with Crippen LogP contribution in [0.15, 0.2) is 61.5 Å². The molecule has 0 saturated heterocycles. The molecule has 37 heavy (non-hydrogen) atoms. The number of aryl methyl sites for hydroxylation is 1. The summed E-state index contributed by atoms with van der Waals surface area (Å²) in [6.45, 7) is 14.8. The van der Waals surface area contributed by atoms with E-state index in [2.05, 4.69) is 52.9 Å². The van der Waals surface area contributed by atoms with Crippen LogP contribution in [0.2, 0.25) is 0 Å². The minimum Gasteiger partial charge on any atom is -0.457 e. The molecule has 1 aliphatic rings. The lowest BCUT2D eigenvalue weighted by Crippen LogP contribution is -2.24. The highest BCUT2D eigenvalue weighted by Gasteiger charge is 2.30. The van der Waals surface area contributed by atoms with Gasteiger partial charge in [-0.3, -0.25) is 4.79 Å². The lowest BCUT2D eigenvalue weighted by atomic mass is 9.86. The van der Waals surface area contributed by atoms with Crippen LogP contribution in [0.3, 0.4) is 0 Å². The Kier molecular flexibility index (Phi) is 7.93. The van der Waals surface area contributed by atoms with Crippen molar-refractivity contribution in [3.8, 4) is 0 Å². The maximum atomic E-state index is 14.2. The summed E-state index contributed by atoms with van der Waals surface area (Å²) < 4.78 is 26.1. The van der Waals surface area contributed by atoms with Crippen LogP contribution in [-0.4, -0.2) is 24.3 Å². The molecule has 200 valence electrons. The van der Waals surface area contributed by atoms with E-state index in [0.717, 1.165) is 45.0 Å². The van der Waals surface area contributed by atoms with Gasteiger partial charge >= 0.3 is 0 Å². The van der Waals surface area contributed by atoms with Crippen molar-refractivity contribution in [1.82, 2.24) is 5.32 Å². The molecule has 2 heterocycles. The second kappa shape index (κ2) is 10.5. The van der Waals surface area contributed by atoms with Gasteiger partial charge in [0.25, 0.3) is 5.91 Å². The summed E-state index contributed by atoms with van der Waals surface area (Å²) in [5.74, 6) is 0.956. The van der Waals surface area contributed by atoms with Crippen LogP contribution in [0.5, 0.6) is 0 Å². The molecule has 4 rings (SSSR count). The SMILES string of the molecule is CCP(=O)(CCc1oc(C(=O)NC2CC2)cc1C(C)(C)C)c1cccc(Sc2cc(C(C)(C)C)co2)c1. The Morgan fingerprint density at radius 1 is 1.08 bits per heavy atom. The van der Waals surface area contributed by atoms with Gasteiger partial charge < -0.3 is 18.7 Å². The van der Waals surface area contributed by atoms with E-state index in [9.17, 15) is 9.36 Å². The minimum atomic E-state index is -2.67. The van der Waals surface area contributed by atoms with Crippen LogP contribution in [0.1, 0.15) is 88.7 Å². The van der Waals surface area contributed by atoms with Crippen molar-refractivity contribution in [2.45, 2.75) is 94.6 Å². The van der Waals surface area contributed by atoms with E-state index in [1.807, 2.05) is 43.5 Å². The highest BCUT2D eigenvalue weighted by Crippen LogP contribution is 2.46. The molecule has 1 atom stereocenters. The Hall–Kier alpha value is -2.17. The molecule has 0 aliphatic heterocycles. The van der Waals surface area contributed by atoms with Crippen LogP contribution < -0.4 is 10.6 Å². The fourth-order valence-electron chi connectivity index (χ4n) is 4.28. The highest BCUT2D eigenvalue weighted by atomic mass is 32.2. The summed E-state index contributed by atoms with van der Waals surface area (Å²) in [4.78, 5) is 13.6. The topological polar surface area (TPSA) is 72.5 Å². The van der Waals surface area contributed by atoms with E-state index in [1.54, 1.807) is 11.8 Å². The Balaban J connectivity index is 1.53. The summed E-state index contributed by atoms with van der Waals surface area (Å²) in [7, 11) is -2.67. The number of carbonyl (C=O) groups is 1. The van der Waals surface area contributed by atoms with Crippen molar-refractivity contribution in [3.63, 3.8) is 0 Å². The van der Waals surface area contributed by atoms with E-state index in [0.29, 0.717) is 24.5 Å². The first-order chi connectivity index (χ1) is 17.3. The Morgan fingerprint density at radius 3 is 2.41 bits per heavy atom. The van der Waals surface area contributed by atoms with Crippen molar-refractivity contribution in [1.29, 1.82) is 0 Å². The van der Waals surface area contributed by atoms with Crippen LogP contribution in [0.25, 0.3) is 0 Å².